The molecule has 2 rings (SSSR count). The largest absolute Gasteiger partial charge is 0.341 e. The molecular formula is C11H17N5O3. The molecule has 2 N–H and O–H groups in total. The molecule has 1 fully saturated rings. The fraction of sp³-hybridized carbons (Fsp3) is 0.636. The third-order valence-corrected chi connectivity index (χ3v) is 3.20. The van der Waals surface area contributed by atoms with Crippen molar-refractivity contribution in [1.82, 2.24) is 14.7 Å². The molecule has 0 spiro atoms. The van der Waals surface area contributed by atoms with Gasteiger partial charge in [0.15, 0.2) is 0 Å². The van der Waals surface area contributed by atoms with Crippen molar-refractivity contribution in [2.24, 2.45) is 5.73 Å². The van der Waals surface area contributed by atoms with Crippen molar-refractivity contribution in [3.63, 3.8) is 0 Å². The van der Waals surface area contributed by atoms with Gasteiger partial charge >= 0.3 is 5.69 Å². The highest BCUT2D eigenvalue weighted by molar-refractivity contribution is 5.76. The quantitative estimate of drug-likeness (QED) is 0.616. The van der Waals surface area contributed by atoms with Crippen LogP contribution in [0.3, 0.4) is 0 Å². The van der Waals surface area contributed by atoms with E-state index in [2.05, 4.69) is 5.10 Å². The van der Waals surface area contributed by atoms with Gasteiger partial charge in [0.25, 0.3) is 0 Å². The number of carbonyl (C=O) groups is 1. The van der Waals surface area contributed by atoms with E-state index < -0.39 is 4.92 Å². The molecular weight excluding hydrogens is 250 g/mol. The summed E-state index contributed by atoms with van der Waals surface area (Å²) in [5.74, 6) is 0.0216. The second-order valence-corrected chi connectivity index (χ2v) is 4.71. The van der Waals surface area contributed by atoms with Gasteiger partial charge in [0, 0.05) is 32.1 Å². The lowest BCUT2D eigenvalue weighted by Gasteiger charge is -2.30. The number of nitrogens with two attached hydrogens (primary N) is 1. The normalized spacial score (nSPS) is 19.4. The van der Waals surface area contributed by atoms with E-state index in [9.17, 15) is 14.9 Å². The first kappa shape index (κ1) is 13.5. The standard InChI is InChI=1S/C11H17N5O3/c12-9-2-1-4-14(7-9)11(17)3-5-15-8-10(6-13-15)16(18)19/h6,8-9H,1-5,7,12H2. The molecule has 19 heavy (non-hydrogen) atoms. The number of likely N-dealkylation sites (tertiary alicyclic amines) is 1. The fourth-order valence-corrected chi connectivity index (χ4v) is 2.17. The molecule has 1 aliphatic heterocycles. The molecule has 0 bridgehead atoms. The van der Waals surface area contributed by atoms with Gasteiger partial charge in [-0.3, -0.25) is 19.6 Å². The Balaban J connectivity index is 1.84. The average Bonchev–Trinajstić information content (AvgIpc) is 2.85. The van der Waals surface area contributed by atoms with Gasteiger partial charge in [0.1, 0.15) is 12.4 Å². The summed E-state index contributed by atoms with van der Waals surface area (Å²) in [6.45, 7) is 1.68. The molecule has 1 aliphatic rings. The van der Waals surface area contributed by atoms with Crippen molar-refractivity contribution in [3.8, 4) is 0 Å². The highest BCUT2D eigenvalue weighted by atomic mass is 16.6. The van der Waals surface area contributed by atoms with Gasteiger partial charge < -0.3 is 10.6 Å². The summed E-state index contributed by atoms with van der Waals surface area (Å²) in [7, 11) is 0. The maximum atomic E-state index is 12.0. The number of aryl methyl sites for hydroxylation is 1. The molecule has 1 unspecified atom stereocenters. The van der Waals surface area contributed by atoms with Crippen molar-refractivity contribution in [2.75, 3.05) is 13.1 Å². The van der Waals surface area contributed by atoms with Crippen molar-refractivity contribution in [2.45, 2.75) is 31.8 Å². The number of carbonyl (C=O) groups excluding carboxylic acids is 1. The second kappa shape index (κ2) is 5.79. The first-order chi connectivity index (χ1) is 9.06. The minimum atomic E-state index is -0.505. The molecule has 104 valence electrons. The van der Waals surface area contributed by atoms with Crippen LogP contribution in [-0.2, 0) is 11.3 Å². The molecule has 0 radical (unpaired) electrons. The van der Waals surface area contributed by atoms with Crippen LogP contribution in [0.4, 0.5) is 5.69 Å². The number of amides is 1. The van der Waals surface area contributed by atoms with Crippen molar-refractivity contribution < 1.29 is 9.72 Å². The lowest BCUT2D eigenvalue weighted by Crippen LogP contribution is -2.45. The Kier molecular flexibility index (Phi) is 4.10. The highest BCUT2D eigenvalue weighted by Crippen LogP contribution is 2.11. The van der Waals surface area contributed by atoms with Crippen molar-refractivity contribution in [3.05, 3.63) is 22.5 Å². The van der Waals surface area contributed by atoms with E-state index in [-0.39, 0.29) is 24.1 Å². The SMILES string of the molecule is NC1CCCN(C(=O)CCn2cc([N+](=O)[O-])cn2)C1. The van der Waals surface area contributed by atoms with E-state index in [1.165, 1.54) is 17.1 Å². The molecule has 1 aromatic rings. The molecule has 1 aromatic heterocycles. The van der Waals surface area contributed by atoms with E-state index in [0.717, 1.165) is 19.4 Å². The zero-order chi connectivity index (χ0) is 13.8. The lowest BCUT2D eigenvalue weighted by atomic mass is 10.1. The van der Waals surface area contributed by atoms with E-state index in [1.807, 2.05) is 0 Å². The van der Waals surface area contributed by atoms with Gasteiger partial charge in [-0.2, -0.15) is 5.10 Å². The van der Waals surface area contributed by atoms with Crippen LogP contribution in [0.2, 0.25) is 0 Å². The van der Waals surface area contributed by atoms with Crippen molar-refractivity contribution >= 4 is 11.6 Å². The minimum absolute atomic E-state index is 0.0216. The van der Waals surface area contributed by atoms with Gasteiger partial charge in [-0.15, -0.1) is 0 Å². The number of nitrogens with zero attached hydrogens (tertiary/aromatic N) is 4. The molecule has 0 aliphatic carbocycles. The van der Waals surface area contributed by atoms with E-state index in [4.69, 9.17) is 5.73 Å². The molecule has 2 heterocycles. The molecule has 1 amide bonds. The predicted octanol–water partition coefficient (Wildman–Crippen LogP) is 0.131. The summed E-state index contributed by atoms with van der Waals surface area (Å²) in [4.78, 5) is 23.7. The van der Waals surface area contributed by atoms with Crippen LogP contribution in [-0.4, -0.2) is 44.6 Å². The van der Waals surface area contributed by atoms with Gasteiger partial charge in [-0.1, -0.05) is 0 Å². The number of rotatable bonds is 4. The Labute approximate surface area is 110 Å². The van der Waals surface area contributed by atoms with Crippen LogP contribution in [0, 0.1) is 10.1 Å². The Bertz CT molecular complexity index is 473. The predicted molar refractivity (Wildman–Crippen MR) is 67.3 cm³/mol. The van der Waals surface area contributed by atoms with Crippen LogP contribution in [0.15, 0.2) is 12.4 Å². The second-order valence-electron chi connectivity index (χ2n) is 4.71. The smallest absolute Gasteiger partial charge is 0.306 e. The molecule has 1 saturated heterocycles. The number of nitro groups is 1. The number of piperidine rings is 1. The zero-order valence-corrected chi connectivity index (χ0v) is 10.6. The maximum Gasteiger partial charge on any atom is 0.306 e. The van der Waals surface area contributed by atoms with Crippen LogP contribution in [0.1, 0.15) is 19.3 Å². The van der Waals surface area contributed by atoms with E-state index in [0.29, 0.717) is 13.1 Å². The Hall–Kier alpha value is -1.96. The van der Waals surface area contributed by atoms with Crippen LogP contribution >= 0.6 is 0 Å². The van der Waals surface area contributed by atoms with Crippen LogP contribution in [0.5, 0.6) is 0 Å². The maximum absolute atomic E-state index is 12.0. The molecule has 0 saturated carbocycles. The Morgan fingerprint density at radius 1 is 1.63 bits per heavy atom. The number of hydrogen-bond donors (Lipinski definition) is 1. The summed E-state index contributed by atoms with van der Waals surface area (Å²) in [6.07, 6.45) is 4.68. The topological polar surface area (TPSA) is 107 Å². The van der Waals surface area contributed by atoms with E-state index >= 15 is 0 Å². The first-order valence-electron chi connectivity index (χ1n) is 6.26. The first-order valence-corrected chi connectivity index (χ1v) is 6.26. The van der Waals surface area contributed by atoms with E-state index in [1.54, 1.807) is 4.90 Å². The Morgan fingerprint density at radius 2 is 2.42 bits per heavy atom. The summed E-state index contributed by atoms with van der Waals surface area (Å²) < 4.78 is 1.42. The summed E-state index contributed by atoms with van der Waals surface area (Å²) in [6, 6.07) is 0.0588. The Morgan fingerprint density at radius 3 is 3.05 bits per heavy atom. The number of aromatic nitrogens is 2. The van der Waals surface area contributed by atoms with Gasteiger partial charge in [0.05, 0.1) is 4.92 Å². The molecule has 1 atom stereocenters. The van der Waals surface area contributed by atoms with Crippen molar-refractivity contribution in [1.29, 1.82) is 0 Å². The summed E-state index contributed by atoms with van der Waals surface area (Å²) >= 11 is 0. The molecule has 8 nitrogen and oxygen atoms in total. The highest BCUT2D eigenvalue weighted by Gasteiger charge is 2.21. The zero-order valence-electron chi connectivity index (χ0n) is 10.6. The van der Waals surface area contributed by atoms with Gasteiger partial charge in [-0.05, 0) is 12.8 Å². The third kappa shape index (κ3) is 3.50. The molecule has 8 heteroatoms. The van der Waals surface area contributed by atoms with Gasteiger partial charge in [0.2, 0.25) is 5.91 Å². The third-order valence-electron chi connectivity index (χ3n) is 3.20. The van der Waals surface area contributed by atoms with Crippen LogP contribution < -0.4 is 5.73 Å². The minimum Gasteiger partial charge on any atom is -0.341 e. The summed E-state index contributed by atoms with van der Waals surface area (Å²) in [5, 5.41) is 14.3. The van der Waals surface area contributed by atoms with Gasteiger partial charge in [-0.25, -0.2) is 0 Å². The van der Waals surface area contributed by atoms with Crippen LogP contribution in [0.25, 0.3) is 0 Å². The monoisotopic (exact) mass is 267 g/mol. The lowest BCUT2D eigenvalue weighted by molar-refractivity contribution is -0.385. The fourth-order valence-electron chi connectivity index (χ4n) is 2.17. The number of hydrogen-bond acceptors (Lipinski definition) is 5. The average molecular weight is 267 g/mol. The summed E-state index contributed by atoms with van der Waals surface area (Å²) in [5.41, 5.74) is 5.76. The molecule has 0 aromatic carbocycles.